The number of benzene rings is 1. The average Bonchev–Trinajstić information content (AvgIpc) is 2.76. The molecule has 1 amide bonds. The summed E-state index contributed by atoms with van der Waals surface area (Å²) in [5.74, 6) is -2.29. The van der Waals surface area contributed by atoms with E-state index in [1.807, 2.05) is 24.3 Å². The highest BCUT2D eigenvalue weighted by atomic mass is 32.1. The number of carbonyl (C=O) groups is 2. The summed E-state index contributed by atoms with van der Waals surface area (Å²) < 4.78 is 0.993. The van der Waals surface area contributed by atoms with Crippen LogP contribution in [0.2, 0.25) is 0 Å². The van der Waals surface area contributed by atoms with Crippen molar-refractivity contribution in [2.45, 2.75) is 13.8 Å². The zero-order valence-corrected chi connectivity index (χ0v) is 11.9. The van der Waals surface area contributed by atoms with Gasteiger partial charge in [-0.2, -0.15) is 0 Å². The monoisotopic (exact) mass is 290 g/mol. The van der Waals surface area contributed by atoms with E-state index < -0.39 is 23.2 Å². The molecule has 5 nitrogen and oxygen atoms in total. The number of carboxylic acid groups (broad SMARTS) is 1. The van der Waals surface area contributed by atoms with E-state index in [2.05, 4.69) is 10.3 Å². The van der Waals surface area contributed by atoms with Crippen molar-refractivity contribution >= 4 is 38.6 Å². The van der Waals surface area contributed by atoms with Crippen LogP contribution in [0, 0.1) is 17.3 Å². The number of nitrogens with one attached hydrogen (secondary N) is 1. The summed E-state index contributed by atoms with van der Waals surface area (Å²) in [6.45, 7) is 3.60. The highest BCUT2D eigenvalue weighted by Gasteiger charge is 2.65. The second kappa shape index (κ2) is 4.28. The summed E-state index contributed by atoms with van der Waals surface area (Å²) in [6.07, 6.45) is 0. The molecule has 2 aromatic rings. The molecule has 3 rings (SSSR count). The van der Waals surface area contributed by atoms with Crippen LogP contribution >= 0.6 is 11.3 Å². The van der Waals surface area contributed by atoms with Gasteiger partial charge in [0.05, 0.1) is 22.1 Å². The van der Waals surface area contributed by atoms with E-state index in [1.54, 1.807) is 13.8 Å². The first-order chi connectivity index (χ1) is 9.41. The Balaban J connectivity index is 1.78. The van der Waals surface area contributed by atoms with Crippen LogP contribution in [0.1, 0.15) is 13.8 Å². The molecule has 6 heteroatoms. The molecule has 0 spiro atoms. The lowest BCUT2D eigenvalue weighted by Gasteiger charge is -2.02. The van der Waals surface area contributed by atoms with Gasteiger partial charge in [-0.15, -0.1) is 0 Å². The third-order valence-corrected chi connectivity index (χ3v) is 4.85. The lowest BCUT2D eigenvalue weighted by molar-refractivity contribution is -0.140. The average molecular weight is 290 g/mol. The molecule has 0 saturated heterocycles. The zero-order valence-electron chi connectivity index (χ0n) is 11.1. The predicted molar refractivity (Wildman–Crippen MR) is 76.6 cm³/mol. The maximum absolute atomic E-state index is 12.2. The summed E-state index contributed by atoms with van der Waals surface area (Å²) in [5, 5.41) is 12.4. The van der Waals surface area contributed by atoms with Gasteiger partial charge in [0.1, 0.15) is 0 Å². The van der Waals surface area contributed by atoms with Crippen LogP contribution in [0.3, 0.4) is 0 Å². The SMILES string of the molecule is CC1(C)C(C(=O)O)C1C(=O)Nc1nc2ccccc2s1. The molecule has 1 aromatic carbocycles. The number of rotatable bonds is 3. The molecule has 2 atom stereocenters. The number of carbonyl (C=O) groups excluding carboxylic acids is 1. The second-order valence-electron chi connectivity index (χ2n) is 5.59. The predicted octanol–water partition coefficient (Wildman–Crippen LogP) is 2.59. The van der Waals surface area contributed by atoms with Crippen LogP contribution in [0.25, 0.3) is 10.2 Å². The van der Waals surface area contributed by atoms with Crippen molar-refractivity contribution in [3.05, 3.63) is 24.3 Å². The molecule has 0 radical (unpaired) electrons. The van der Waals surface area contributed by atoms with Gasteiger partial charge >= 0.3 is 5.97 Å². The van der Waals surface area contributed by atoms with Crippen molar-refractivity contribution < 1.29 is 14.7 Å². The molecule has 1 fully saturated rings. The van der Waals surface area contributed by atoms with Gasteiger partial charge in [-0.05, 0) is 17.5 Å². The molecule has 1 aromatic heterocycles. The minimum Gasteiger partial charge on any atom is -0.481 e. The number of thiazole rings is 1. The van der Waals surface area contributed by atoms with Gasteiger partial charge in [0.15, 0.2) is 5.13 Å². The maximum atomic E-state index is 12.2. The lowest BCUT2D eigenvalue weighted by Crippen LogP contribution is -2.17. The highest BCUT2D eigenvalue weighted by Crippen LogP contribution is 2.58. The topological polar surface area (TPSA) is 79.3 Å². The number of hydrogen-bond acceptors (Lipinski definition) is 4. The third kappa shape index (κ3) is 1.96. The fourth-order valence-corrected chi connectivity index (χ4v) is 3.57. The summed E-state index contributed by atoms with van der Waals surface area (Å²) in [6, 6.07) is 7.61. The number of para-hydroxylation sites is 1. The molecule has 20 heavy (non-hydrogen) atoms. The Hall–Kier alpha value is -1.95. The number of hydrogen-bond donors (Lipinski definition) is 2. The molecule has 0 aliphatic heterocycles. The minimum atomic E-state index is -0.917. The van der Waals surface area contributed by atoms with Gasteiger partial charge in [0.2, 0.25) is 5.91 Å². The van der Waals surface area contributed by atoms with Crippen molar-refractivity contribution in [2.75, 3.05) is 5.32 Å². The van der Waals surface area contributed by atoms with Crippen molar-refractivity contribution in [1.29, 1.82) is 0 Å². The number of aromatic nitrogens is 1. The molecular formula is C14H14N2O3S. The van der Waals surface area contributed by atoms with Gasteiger partial charge in [-0.1, -0.05) is 37.3 Å². The van der Waals surface area contributed by atoms with Gasteiger partial charge in [-0.3, -0.25) is 9.59 Å². The standard InChI is InChI=1S/C14H14N2O3S/c1-14(2)9(10(14)12(18)19)11(17)16-13-15-7-5-3-4-6-8(7)20-13/h3-6,9-10H,1-2H3,(H,18,19)(H,15,16,17). The van der Waals surface area contributed by atoms with Crippen molar-refractivity contribution in [1.82, 2.24) is 4.98 Å². The Labute approximate surface area is 119 Å². The smallest absolute Gasteiger partial charge is 0.307 e. The summed E-state index contributed by atoms with van der Waals surface area (Å²) in [5.41, 5.74) is 0.338. The van der Waals surface area contributed by atoms with Gasteiger partial charge < -0.3 is 10.4 Å². The van der Waals surface area contributed by atoms with Gasteiger partial charge in [0, 0.05) is 0 Å². The van der Waals surface area contributed by atoms with E-state index in [4.69, 9.17) is 5.11 Å². The zero-order chi connectivity index (χ0) is 14.5. The quantitative estimate of drug-likeness (QED) is 0.910. The fourth-order valence-electron chi connectivity index (χ4n) is 2.70. The van der Waals surface area contributed by atoms with Crippen LogP contribution in [0.4, 0.5) is 5.13 Å². The highest BCUT2D eigenvalue weighted by molar-refractivity contribution is 7.22. The van der Waals surface area contributed by atoms with E-state index in [1.165, 1.54) is 11.3 Å². The van der Waals surface area contributed by atoms with Crippen LogP contribution in [-0.2, 0) is 9.59 Å². The van der Waals surface area contributed by atoms with Gasteiger partial charge in [0.25, 0.3) is 0 Å². The van der Waals surface area contributed by atoms with Crippen molar-refractivity contribution in [3.8, 4) is 0 Å². The second-order valence-corrected chi connectivity index (χ2v) is 6.62. The molecule has 2 N–H and O–H groups in total. The molecular weight excluding hydrogens is 276 g/mol. The molecule has 0 bridgehead atoms. The number of aliphatic carboxylic acids is 1. The molecule has 1 aliphatic rings. The summed E-state index contributed by atoms with van der Waals surface area (Å²) in [7, 11) is 0. The Morgan fingerprint density at radius 3 is 2.60 bits per heavy atom. The van der Waals surface area contributed by atoms with Crippen molar-refractivity contribution in [2.24, 2.45) is 17.3 Å². The van der Waals surface area contributed by atoms with Crippen LogP contribution in [0.15, 0.2) is 24.3 Å². The molecule has 1 saturated carbocycles. The van der Waals surface area contributed by atoms with E-state index >= 15 is 0 Å². The van der Waals surface area contributed by atoms with Crippen molar-refractivity contribution in [3.63, 3.8) is 0 Å². The van der Waals surface area contributed by atoms with Gasteiger partial charge in [-0.25, -0.2) is 4.98 Å². The van der Waals surface area contributed by atoms with E-state index in [0.29, 0.717) is 5.13 Å². The first-order valence-electron chi connectivity index (χ1n) is 6.30. The maximum Gasteiger partial charge on any atom is 0.307 e. The Bertz CT molecular complexity index is 674. The Kier molecular flexibility index (Phi) is 2.79. The third-order valence-electron chi connectivity index (χ3n) is 3.90. The minimum absolute atomic E-state index is 0.263. The first-order valence-corrected chi connectivity index (χ1v) is 7.12. The number of carboxylic acids is 1. The first kappa shape index (κ1) is 13.1. The van der Waals surface area contributed by atoms with Crippen LogP contribution in [0.5, 0.6) is 0 Å². The normalized spacial score (nSPS) is 23.5. The largest absolute Gasteiger partial charge is 0.481 e. The molecule has 1 heterocycles. The Morgan fingerprint density at radius 2 is 2.00 bits per heavy atom. The molecule has 2 unspecified atom stereocenters. The lowest BCUT2D eigenvalue weighted by atomic mass is 10.1. The summed E-state index contributed by atoms with van der Waals surface area (Å²) in [4.78, 5) is 27.6. The van der Waals surface area contributed by atoms with Crippen LogP contribution < -0.4 is 5.32 Å². The molecule has 1 aliphatic carbocycles. The fraction of sp³-hybridized carbons (Fsp3) is 0.357. The van der Waals surface area contributed by atoms with Crippen LogP contribution in [-0.4, -0.2) is 22.0 Å². The number of anilines is 1. The number of nitrogens with zero attached hydrogens (tertiary/aromatic N) is 1. The Morgan fingerprint density at radius 1 is 1.30 bits per heavy atom. The summed E-state index contributed by atoms with van der Waals surface area (Å²) >= 11 is 1.39. The molecule has 104 valence electrons. The van der Waals surface area contributed by atoms with E-state index in [0.717, 1.165) is 10.2 Å². The number of fused-ring (bicyclic) bond motifs is 1. The number of amides is 1. The van der Waals surface area contributed by atoms with E-state index in [-0.39, 0.29) is 5.91 Å². The van der Waals surface area contributed by atoms with E-state index in [9.17, 15) is 9.59 Å².